The summed E-state index contributed by atoms with van der Waals surface area (Å²) in [6.45, 7) is 2.31. The number of amides is 1. The summed E-state index contributed by atoms with van der Waals surface area (Å²) in [5.74, 6) is 1.50. The van der Waals surface area contributed by atoms with Crippen molar-refractivity contribution in [2.45, 2.75) is 18.7 Å². The van der Waals surface area contributed by atoms with Crippen molar-refractivity contribution in [3.63, 3.8) is 0 Å². The van der Waals surface area contributed by atoms with E-state index in [4.69, 9.17) is 9.47 Å². The van der Waals surface area contributed by atoms with Crippen molar-refractivity contribution in [3.8, 4) is 11.5 Å². The van der Waals surface area contributed by atoms with Gasteiger partial charge in [-0.3, -0.25) is 9.69 Å². The highest BCUT2D eigenvalue weighted by Crippen LogP contribution is 2.29. The molecule has 2 aromatic carbocycles. The van der Waals surface area contributed by atoms with Gasteiger partial charge < -0.3 is 9.47 Å². The Morgan fingerprint density at radius 3 is 2.61 bits per heavy atom. The number of hydrogen-bond donors (Lipinski definition) is 0. The maximum Gasteiger partial charge on any atom is 0.242 e. The SMILES string of the molecule is COc1ccc(CN2C(=O)C(C)S/C2=N/N=C/c2cc(Br)ccc2OC)cc1. The number of carbonyl (C=O) groups excluding carboxylic acids is 1. The number of benzene rings is 2. The van der Waals surface area contributed by atoms with Crippen molar-refractivity contribution < 1.29 is 14.3 Å². The van der Waals surface area contributed by atoms with Crippen LogP contribution in [0.1, 0.15) is 18.1 Å². The Morgan fingerprint density at radius 2 is 1.93 bits per heavy atom. The van der Waals surface area contributed by atoms with Gasteiger partial charge in [-0.05, 0) is 42.8 Å². The molecule has 0 aromatic heterocycles. The summed E-state index contributed by atoms with van der Waals surface area (Å²) in [5.41, 5.74) is 1.79. The Morgan fingerprint density at radius 1 is 1.18 bits per heavy atom. The normalized spacial score (nSPS) is 18.3. The van der Waals surface area contributed by atoms with E-state index in [2.05, 4.69) is 26.1 Å². The molecule has 28 heavy (non-hydrogen) atoms. The van der Waals surface area contributed by atoms with Gasteiger partial charge in [0.1, 0.15) is 11.5 Å². The summed E-state index contributed by atoms with van der Waals surface area (Å²) >= 11 is 4.84. The second-order valence-electron chi connectivity index (χ2n) is 6.05. The largest absolute Gasteiger partial charge is 0.497 e. The van der Waals surface area contributed by atoms with E-state index in [9.17, 15) is 4.79 Å². The molecule has 2 aromatic rings. The average Bonchev–Trinajstić information content (AvgIpc) is 2.96. The third-order valence-corrected chi connectivity index (χ3v) is 5.72. The lowest BCUT2D eigenvalue weighted by Gasteiger charge is -2.15. The van der Waals surface area contributed by atoms with Gasteiger partial charge in [-0.2, -0.15) is 5.10 Å². The smallest absolute Gasteiger partial charge is 0.242 e. The second kappa shape index (κ2) is 9.25. The molecule has 6 nitrogen and oxygen atoms in total. The number of nitrogens with zero attached hydrogens (tertiary/aromatic N) is 3. The first-order valence-corrected chi connectivity index (χ1v) is 10.2. The fourth-order valence-electron chi connectivity index (χ4n) is 2.67. The molecule has 0 saturated carbocycles. The van der Waals surface area contributed by atoms with Gasteiger partial charge >= 0.3 is 0 Å². The Balaban J connectivity index is 1.80. The van der Waals surface area contributed by atoms with Crippen molar-refractivity contribution in [3.05, 3.63) is 58.1 Å². The highest BCUT2D eigenvalue weighted by molar-refractivity contribution is 9.10. The van der Waals surface area contributed by atoms with E-state index in [0.717, 1.165) is 21.3 Å². The Hall–Kier alpha value is -2.32. The van der Waals surface area contributed by atoms with E-state index in [0.29, 0.717) is 17.5 Å². The molecule has 0 radical (unpaired) electrons. The topological polar surface area (TPSA) is 63.5 Å². The zero-order chi connectivity index (χ0) is 20.1. The first kappa shape index (κ1) is 20.4. The summed E-state index contributed by atoms with van der Waals surface area (Å²) in [4.78, 5) is 14.2. The monoisotopic (exact) mass is 461 g/mol. The maximum atomic E-state index is 12.5. The van der Waals surface area contributed by atoms with Gasteiger partial charge in [-0.25, -0.2) is 0 Å². The molecule has 0 bridgehead atoms. The Kier molecular flexibility index (Phi) is 6.74. The fourth-order valence-corrected chi connectivity index (χ4v) is 3.97. The molecule has 0 N–H and O–H groups in total. The van der Waals surface area contributed by atoms with Gasteiger partial charge in [0.05, 0.1) is 32.2 Å². The van der Waals surface area contributed by atoms with Crippen LogP contribution in [0.4, 0.5) is 0 Å². The van der Waals surface area contributed by atoms with Crippen LogP contribution in [0, 0.1) is 0 Å². The molecule has 1 heterocycles. The summed E-state index contributed by atoms with van der Waals surface area (Å²) < 4.78 is 11.4. The van der Waals surface area contributed by atoms with Gasteiger partial charge in [0.2, 0.25) is 5.91 Å². The number of methoxy groups -OCH3 is 2. The molecular formula is C20H20BrN3O3S. The third-order valence-electron chi connectivity index (χ3n) is 4.16. The van der Waals surface area contributed by atoms with Crippen molar-refractivity contribution in [2.24, 2.45) is 10.2 Å². The molecule has 0 spiro atoms. The first-order valence-electron chi connectivity index (χ1n) is 8.57. The molecule has 3 rings (SSSR count). The molecule has 146 valence electrons. The third kappa shape index (κ3) is 4.74. The van der Waals surface area contributed by atoms with Crippen LogP contribution in [0.25, 0.3) is 0 Å². The number of ether oxygens (including phenoxy) is 2. The van der Waals surface area contributed by atoms with Gasteiger partial charge in [0.25, 0.3) is 0 Å². The number of thioether (sulfide) groups is 1. The van der Waals surface area contributed by atoms with Crippen LogP contribution < -0.4 is 9.47 Å². The van der Waals surface area contributed by atoms with E-state index < -0.39 is 0 Å². The average molecular weight is 462 g/mol. The molecule has 1 saturated heterocycles. The lowest BCUT2D eigenvalue weighted by molar-refractivity contribution is -0.126. The highest BCUT2D eigenvalue weighted by Gasteiger charge is 2.35. The molecule has 1 amide bonds. The molecule has 1 atom stereocenters. The highest BCUT2D eigenvalue weighted by atomic mass is 79.9. The minimum absolute atomic E-state index is 0.0230. The first-order chi connectivity index (χ1) is 13.5. The van der Waals surface area contributed by atoms with Gasteiger partial charge in [-0.15, -0.1) is 5.10 Å². The maximum absolute atomic E-state index is 12.5. The summed E-state index contributed by atoms with van der Waals surface area (Å²) in [7, 11) is 3.23. The van der Waals surface area contributed by atoms with E-state index >= 15 is 0 Å². The number of rotatable bonds is 6. The number of hydrogen-bond acceptors (Lipinski definition) is 6. The molecule has 1 aliphatic rings. The summed E-state index contributed by atoms with van der Waals surface area (Å²) in [6, 6.07) is 13.3. The number of amidine groups is 1. The summed E-state index contributed by atoms with van der Waals surface area (Å²) in [5, 5.41) is 8.88. The van der Waals surface area contributed by atoms with Gasteiger partial charge in [0.15, 0.2) is 5.17 Å². The predicted molar refractivity (Wildman–Crippen MR) is 116 cm³/mol. The van der Waals surface area contributed by atoms with Crippen LogP contribution in [0.3, 0.4) is 0 Å². The Labute approximate surface area is 176 Å². The van der Waals surface area contributed by atoms with Crippen LogP contribution in [-0.2, 0) is 11.3 Å². The molecule has 1 unspecified atom stereocenters. The van der Waals surface area contributed by atoms with Crippen LogP contribution in [0.15, 0.2) is 57.1 Å². The molecule has 0 aliphatic carbocycles. The van der Waals surface area contributed by atoms with Gasteiger partial charge in [-0.1, -0.05) is 39.8 Å². The second-order valence-corrected chi connectivity index (χ2v) is 8.27. The van der Waals surface area contributed by atoms with Crippen molar-refractivity contribution >= 4 is 45.0 Å². The van der Waals surface area contributed by atoms with E-state index in [1.54, 1.807) is 25.3 Å². The van der Waals surface area contributed by atoms with E-state index in [1.807, 2.05) is 49.4 Å². The van der Waals surface area contributed by atoms with Gasteiger partial charge in [0, 0.05) is 10.0 Å². The lowest BCUT2D eigenvalue weighted by Crippen LogP contribution is -2.30. The lowest BCUT2D eigenvalue weighted by atomic mass is 10.2. The fraction of sp³-hybridized carbons (Fsp3) is 0.250. The van der Waals surface area contributed by atoms with Crippen LogP contribution in [-0.4, -0.2) is 41.7 Å². The zero-order valence-electron chi connectivity index (χ0n) is 15.8. The zero-order valence-corrected chi connectivity index (χ0v) is 18.2. The van der Waals surface area contributed by atoms with Crippen molar-refractivity contribution in [1.82, 2.24) is 4.90 Å². The predicted octanol–water partition coefficient (Wildman–Crippen LogP) is 4.32. The van der Waals surface area contributed by atoms with Crippen LogP contribution >= 0.6 is 27.7 Å². The quantitative estimate of drug-likeness (QED) is 0.474. The van der Waals surface area contributed by atoms with E-state index in [1.165, 1.54) is 11.8 Å². The molecule has 8 heteroatoms. The van der Waals surface area contributed by atoms with Crippen molar-refractivity contribution in [2.75, 3.05) is 14.2 Å². The number of halogens is 1. The minimum Gasteiger partial charge on any atom is -0.497 e. The standard InChI is InChI=1S/C20H20BrN3O3S/c1-13-19(25)24(12-14-4-7-17(26-2)8-5-14)20(28-13)23-22-11-15-10-16(21)6-9-18(15)27-3/h4-11,13H,12H2,1-3H3/b22-11+,23-20+. The Bertz CT molecular complexity index is 915. The van der Waals surface area contributed by atoms with E-state index in [-0.39, 0.29) is 11.2 Å². The minimum atomic E-state index is -0.187. The number of carbonyl (C=O) groups is 1. The van der Waals surface area contributed by atoms with Crippen LogP contribution in [0.5, 0.6) is 11.5 Å². The summed E-state index contributed by atoms with van der Waals surface area (Å²) in [6.07, 6.45) is 1.62. The van der Waals surface area contributed by atoms with Crippen LogP contribution in [0.2, 0.25) is 0 Å². The van der Waals surface area contributed by atoms with Crippen molar-refractivity contribution in [1.29, 1.82) is 0 Å². The molecular weight excluding hydrogens is 442 g/mol. The molecule has 1 fully saturated rings. The molecule has 1 aliphatic heterocycles.